The number of hydrogen-bond donors (Lipinski definition) is 0. The molecule has 0 radical (unpaired) electrons. The van der Waals surface area contributed by atoms with E-state index in [0.717, 1.165) is 71.7 Å². The van der Waals surface area contributed by atoms with Crippen molar-refractivity contribution in [2.75, 3.05) is 0 Å². The molecule has 7 aromatic carbocycles. The molecule has 45 heavy (non-hydrogen) atoms. The second-order valence-electron chi connectivity index (χ2n) is 11.5. The molecule has 2 aromatic heterocycles. The molecule has 0 amide bonds. The fraction of sp³-hybridized carbons (Fsp3) is 0. The standard InChI is InChI=1S/C42H26N2O/c45-42-34-25-24-31(27-14-5-1-6-15-27)32-22-13-23-33(38(32)34)41-43-39-37(30-20-11-4-12-21-30)35(28-16-7-2-8-17-28)26-36(40(39)44(41)42)29-18-9-3-10-19-29/h1-26H. The van der Waals surface area contributed by atoms with Crippen molar-refractivity contribution in [2.45, 2.75) is 0 Å². The molecule has 0 aliphatic heterocycles. The van der Waals surface area contributed by atoms with Crippen LogP contribution in [0.5, 0.6) is 0 Å². The van der Waals surface area contributed by atoms with Gasteiger partial charge in [-0.05, 0) is 50.9 Å². The first-order chi connectivity index (χ1) is 22.3. The molecule has 2 heterocycles. The van der Waals surface area contributed by atoms with Gasteiger partial charge in [0.2, 0.25) is 0 Å². The summed E-state index contributed by atoms with van der Waals surface area (Å²) in [5, 5.41) is 3.67. The van der Waals surface area contributed by atoms with Gasteiger partial charge in [0.15, 0.2) is 0 Å². The fourth-order valence-corrected chi connectivity index (χ4v) is 6.98. The van der Waals surface area contributed by atoms with E-state index in [9.17, 15) is 4.79 Å². The normalized spacial score (nSPS) is 11.6. The van der Waals surface area contributed by atoms with Crippen molar-refractivity contribution in [2.24, 2.45) is 0 Å². The number of aromatic nitrogens is 2. The lowest BCUT2D eigenvalue weighted by molar-refractivity contribution is 1.19. The SMILES string of the molecule is O=c1c2ccc(-c3ccccc3)c3cccc(c32)c2nc3c(-c4ccccc4)c(-c4ccccc4)cc(-c4ccccc4)c3n12. The van der Waals surface area contributed by atoms with Crippen LogP contribution < -0.4 is 5.56 Å². The van der Waals surface area contributed by atoms with Gasteiger partial charge in [-0.2, -0.15) is 0 Å². The van der Waals surface area contributed by atoms with Crippen LogP contribution in [0.3, 0.4) is 0 Å². The van der Waals surface area contributed by atoms with Crippen molar-refractivity contribution < 1.29 is 0 Å². The van der Waals surface area contributed by atoms with E-state index in [1.54, 1.807) is 0 Å². The van der Waals surface area contributed by atoms with E-state index in [0.29, 0.717) is 11.0 Å². The van der Waals surface area contributed by atoms with Crippen molar-refractivity contribution in [3.63, 3.8) is 0 Å². The Morgan fingerprint density at radius 3 is 1.60 bits per heavy atom. The summed E-state index contributed by atoms with van der Waals surface area (Å²) < 4.78 is 1.86. The summed E-state index contributed by atoms with van der Waals surface area (Å²) in [5.74, 6) is 0. The molecule has 0 aliphatic rings. The van der Waals surface area contributed by atoms with Crippen molar-refractivity contribution in [1.29, 1.82) is 0 Å². The predicted molar refractivity (Wildman–Crippen MR) is 187 cm³/mol. The largest absolute Gasteiger partial charge is 0.268 e. The lowest BCUT2D eigenvalue weighted by atomic mass is 9.89. The van der Waals surface area contributed by atoms with E-state index in [4.69, 9.17) is 4.98 Å². The number of imidazole rings is 1. The summed E-state index contributed by atoms with van der Waals surface area (Å²) in [6.07, 6.45) is 0. The van der Waals surface area contributed by atoms with Gasteiger partial charge in [0.1, 0.15) is 5.65 Å². The third kappa shape index (κ3) is 3.84. The Labute approximate surface area is 259 Å². The van der Waals surface area contributed by atoms with E-state index in [1.165, 1.54) is 0 Å². The number of benzene rings is 7. The van der Waals surface area contributed by atoms with Gasteiger partial charge in [0.05, 0.1) is 11.0 Å². The molecular formula is C42H26N2O. The average Bonchev–Trinajstić information content (AvgIpc) is 3.52. The first-order valence-electron chi connectivity index (χ1n) is 15.2. The van der Waals surface area contributed by atoms with Crippen LogP contribution in [0, 0.1) is 0 Å². The molecule has 0 aliphatic carbocycles. The predicted octanol–water partition coefficient (Wildman–Crippen LogP) is 10.3. The molecule has 3 heteroatoms. The molecule has 0 saturated carbocycles. The van der Waals surface area contributed by atoms with E-state index in [2.05, 4.69) is 115 Å². The zero-order chi connectivity index (χ0) is 29.9. The number of fused-ring (bicyclic) bond motifs is 4. The summed E-state index contributed by atoms with van der Waals surface area (Å²) >= 11 is 0. The van der Waals surface area contributed by atoms with Crippen LogP contribution in [0.25, 0.3) is 82.7 Å². The third-order valence-electron chi connectivity index (χ3n) is 8.96. The Morgan fingerprint density at radius 2 is 0.978 bits per heavy atom. The Kier molecular flexibility index (Phi) is 5.66. The van der Waals surface area contributed by atoms with E-state index >= 15 is 0 Å². The highest BCUT2D eigenvalue weighted by Gasteiger charge is 2.24. The summed E-state index contributed by atoms with van der Waals surface area (Å²) in [5.41, 5.74) is 10.8. The van der Waals surface area contributed by atoms with Crippen molar-refractivity contribution in [3.05, 3.63) is 168 Å². The van der Waals surface area contributed by atoms with Crippen LogP contribution in [0.15, 0.2) is 163 Å². The Bertz CT molecular complexity index is 2570. The second kappa shape index (κ2) is 10.0. The maximum atomic E-state index is 14.7. The third-order valence-corrected chi connectivity index (χ3v) is 8.96. The van der Waals surface area contributed by atoms with Gasteiger partial charge in [-0.3, -0.25) is 9.20 Å². The first kappa shape index (κ1) is 25.4. The van der Waals surface area contributed by atoms with E-state index < -0.39 is 0 Å². The molecule has 9 aromatic rings. The zero-order valence-corrected chi connectivity index (χ0v) is 24.3. The van der Waals surface area contributed by atoms with Crippen LogP contribution in [0.2, 0.25) is 0 Å². The minimum absolute atomic E-state index is 0.0561. The zero-order valence-electron chi connectivity index (χ0n) is 24.3. The van der Waals surface area contributed by atoms with Crippen molar-refractivity contribution in [3.8, 4) is 44.5 Å². The molecule has 0 spiro atoms. The maximum Gasteiger partial charge on any atom is 0.264 e. The highest BCUT2D eigenvalue weighted by Crippen LogP contribution is 2.44. The van der Waals surface area contributed by atoms with Gasteiger partial charge in [-0.1, -0.05) is 146 Å². The molecule has 0 unspecified atom stereocenters. The molecule has 0 fully saturated rings. The molecular weight excluding hydrogens is 548 g/mol. The van der Waals surface area contributed by atoms with Crippen LogP contribution >= 0.6 is 0 Å². The van der Waals surface area contributed by atoms with Crippen LogP contribution in [0.4, 0.5) is 0 Å². The topological polar surface area (TPSA) is 34.4 Å². The number of nitrogens with zero attached hydrogens (tertiary/aromatic N) is 2. The van der Waals surface area contributed by atoms with Crippen LogP contribution in [-0.4, -0.2) is 9.38 Å². The first-order valence-corrected chi connectivity index (χ1v) is 15.2. The number of hydrogen-bond acceptors (Lipinski definition) is 2. The highest BCUT2D eigenvalue weighted by atomic mass is 16.1. The van der Waals surface area contributed by atoms with Gasteiger partial charge in [0.25, 0.3) is 5.56 Å². The minimum Gasteiger partial charge on any atom is -0.268 e. The van der Waals surface area contributed by atoms with E-state index in [1.807, 2.05) is 46.9 Å². The summed E-state index contributed by atoms with van der Waals surface area (Å²) in [6.45, 7) is 0. The van der Waals surface area contributed by atoms with Gasteiger partial charge >= 0.3 is 0 Å². The van der Waals surface area contributed by atoms with Gasteiger partial charge < -0.3 is 0 Å². The molecule has 3 nitrogen and oxygen atoms in total. The van der Waals surface area contributed by atoms with Crippen molar-refractivity contribution >= 4 is 38.2 Å². The lowest BCUT2D eigenvalue weighted by Gasteiger charge is -2.16. The van der Waals surface area contributed by atoms with Crippen molar-refractivity contribution in [1.82, 2.24) is 9.38 Å². The molecule has 0 bridgehead atoms. The fourth-order valence-electron chi connectivity index (χ4n) is 6.98. The van der Waals surface area contributed by atoms with Gasteiger partial charge in [-0.25, -0.2) is 4.98 Å². The molecule has 210 valence electrons. The lowest BCUT2D eigenvalue weighted by Crippen LogP contribution is -2.14. The second-order valence-corrected chi connectivity index (χ2v) is 11.5. The molecule has 9 rings (SSSR count). The van der Waals surface area contributed by atoms with E-state index in [-0.39, 0.29) is 5.56 Å². The van der Waals surface area contributed by atoms with Gasteiger partial charge in [-0.15, -0.1) is 0 Å². The van der Waals surface area contributed by atoms with Gasteiger partial charge in [0, 0.05) is 27.3 Å². The summed E-state index contributed by atoms with van der Waals surface area (Å²) in [6, 6.07) is 54.2. The van der Waals surface area contributed by atoms with Crippen LogP contribution in [0.1, 0.15) is 0 Å². The monoisotopic (exact) mass is 574 g/mol. The minimum atomic E-state index is -0.0561. The Morgan fingerprint density at radius 1 is 0.444 bits per heavy atom. The summed E-state index contributed by atoms with van der Waals surface area (Å²) in [7, 11) is 0. The molecule has 0 saturated heterocycles. The Hall–Kier alpha value is -6.06. The molecule has 0 N–H and O–H groups in total. The summed E-state index contributed by atoms with van der Waals surface area (Å²) in [4.78, 5) is 20.1. The quantitative estimate of drug-likeness (QED) is 0.210. The average molecular weight is 575 g/mol. The number of pyridine rings is 1. The maximum absolute atomic E-state index is 14.7. The molecule has 0 atom stereocenters. The Balaban J connectivity index is 1.51. The smallest absolute Gasteiger partial charge is 0.264 e. The number of rotatable bonds is 4. The van der Waals surface area contributed by atoms with Crippen LogP contribution in [-0.2, 0) is 0 Å². The highest BCUT2D eigenvalue weighted by molar-refractivity contribution is 6.20.